The van der Waals surface area contributed by atoms with Gasteiger partial charge in [0.2, 0.25) is 0 Å². The number of halogens is 1. The third-order valence-corrected chi connectivity index (χ3v) is 6.96. The minimum Gasteiger partial charge on any atom is -0.450 e. The Bertz CT molecular complexity index is 1240. The van der Waals surface area contributed by atoms with Crippen LogP contribution in [-0.4, -0.2) is 46.4 Å². The van der Waals surface area contributed by atoms with Crippen LogP contribution < -0.4 is 4.90 Å². The second-order valence-corrected chi connectivity index (χ2v) is 9.59. The van der Waals surface area contributed by atoms with Crippen LogP contribution in [-0.2, 0) is 4.74 Å². The molecule has 1 atom stereocenters. The summed E-state index contributed by atoms with van der Waals surface area (Å²) < 4.78 is 4.93. The summed E-state index contributed by atoms with van der Waals surface area (Å²) in [5.41, 5.74) is 6.65. The molecular weight excluding hydrogens is 478 g/mol. The van der Waals surface area contributed by atoms with Gasteiger partial charge in [-0.05, 0) is 66.9 Å². The third kappa shape index (κ3) is 6.15. The van der Waals surface area contributed by atoms with E-state index in [2.05, 4.69) is 39.3 Å². The number of piperidine rings is 1. The smallest absolute Gasteiger partial charge is 0.450 e. The molecule has 1 aromatic heterocycles. The Labute approximate surface area is 216 Å². The Hall–Kier alpha value is -3.58. The monoisotopic (exact) mass is 507 g/mol. The molecule has 3 aromatic rings. The summed E-state index contributed by atoms with van der Waals surface area (Å²) >= 11 is 6.24. The number of hydrogen-bond acceptors (Lipinski definition) is 6. The highest BCUT2D eigenvalue weighted by Gasteiger charge is 2.24. The lowest BCUT2D eigenvalue weighted by molar-refractivity contribution is 0.0416. The lowest BCUT2D eigenvalue weighted by atomic mass is 9.83. The number of ether oxygens (including phenoxy) is 1. The fourth-order valence-corrected chi connectivity index (χ4v) is 5.09. The molecule has 0 radical (unpaired) electrons. The zero-order chi connectivity index (χ0) is 25.7. The molecule has 0 saturated carbocycles. The molecule has 1 aliphatic rings. The van der Waals surface area contributed by atoms with Crippen molar-refractivity contribution in [3.05, 3.63) is 93.8 Å². The predicted octanol–water partition coefficient (Wildman–Crippen LogP) is 6.42. The van der Waals surface area contributed by atoms with Crippen LogP contribution in [0, 0.1) is 13.8 Å². The molecule has 4 rings (SSSR count). The maximum atomic E-state index is 10.8. The van der Waals surface area contributed by atoms with Gasteiger partial charge in [0, 0.05) is 66.4 Å². The van der Waals surface area contributed by atoms with Crippen LogP contribution >= 0.6 is 11.6 Å². The van der Waals surface area contributed by atoms with Gasteiger partial charge in [-0.25, -0.2) is 4.79 Å². The topological polar surface area (TPSA) is 95.2 Å². The van der Waals surface area contributed by atoms with Crippen molar-refractivity contribution in [1.82, 2.24) is 4.98 Å². The lowest BCUT2D eigenvalue weighted by Crippen LogP contribution is -2.37. The van der Waals surface area contributed by atoms with Gasteiger partial charge in [0.1, 0.15) is 6.10 Å². The van der Waals surface area contributed by atoms with Gasteiger partial charge in [-0.1, -0.05) is 35.0 Å². The van der Waals surface area contributed by atoms with Gasteiger partial charge in [-0.15, -0.1) is 0 Å². The van der Waals surface area contributed by atoms with E-state index in [-0.39, 0.29) is 12.0 Å². The van der Waals surface area contributed by atoms with Crippen LogP contribution in [0.15, 0.2) is 65.9 Å². The number of pyridine rings is 1. The van der Waals surface area contributed by atoms with E-state index in [0.717, 1.165) is 46.7 Å². The number of benzene rings is 2. The van der Waals surface area contributed by atoms with Crippen molar-refractivity contribution in [2.24, 2.45) is 5.16 Å². The predicted molar refractivity (Wildman–Crippen MR) is 141 cm³/mol. The Morgan fingerprint density at radius 2 is 1.86 bits per heavy atom. The Balaban J connectivity index is 1.60. The van der Waals surface area contributed by atoms with Gasteiger partial charge >= 0.3 is 6.16 Å². The molecule has 0 aliphatic carbocycles. The molecule has 7 nitrogen and oxygen atoms in total. The quantitative estimate of drug-likeness (QED) is 0.166. The van der Waals surface area contributed by atoms with Crippen molar-refractivity contribution in [2.75, 3.05) is 18.0 Å². The molecule has 8 heteroatoms. The van der Waals surface area contributed by atoms with Gasteiger partial charge in [0.25, 0.3) is 0 Å². The number of aryl methyl sites for hydroxylation is 2. The fraction of sp³-hybridized carbons (Fsp3) is 0.321. The normalized spacial score (nSPS) is 15.5. The van der Waals surface area contributed by atoms with E-state index in [4.69, 9.17) is 21.4 Å². The largest absolute Gasteiger partial charge is 0.506 e. The summed E-state index contributed by atoms with van der Waals surface area (Å²) in [6.45, 7) is 5.42. The van der Waals surface area contributed by atoms with Gasteiger partial charge in [-0.2, -0.15) is 0 Å². The average Bonchev–Trinajstić information content (AvgIpc) is 2.86. The van der Waals surface area contributed by atoms with Crippen molar-refractivity contribution >= 4 is 29.2 Å². The minimum atomic E-state index is -1.21. The highest BCUT2D eigenvalue weighted by molar-refractivity contribution is 6.30. The van der Waals surface area contributed by atoms with Crippen LogP contribution in [0.4, 0.5) is 10.5 Å². The minimum absolute atomic E-state index is 0.0506. The zero-order valence-electron chi connectivity index (χ0n) is 20.4. The molecule has 2 N–H and O–H groups in total. The van der Waals surface area contributed by atoms with E-state index in [1.54, 1.807) is 6.20 Å². The van der Waals surface area contributed by atoms with Crippen molar-refractivity contribution in [1.29, 1.82) is 0 Å². The molecule has 1 fully saturated rings. The first-order chi connectivity index (χ1) is 17.3. The number of carbonyl (C=O) groups is 1. The Morgan fingerprint density at radius 1 is 1.14 bits per heavy atom. The van der Waals surface area contributed by atoms with Crippen LogP contribution in [0.2, 0.25) is 5.02 Å². The molecule has 0 unspecified atom stereocenters. The van der Waals surface area contributed by atoms with E-state index in [1.807, 2.05) is 44.2 Å². The SMILES string of the molecule is Cc1cc(/C(C[C@@H](c2ccc(N3CCC(OC(=O)O)CC3)cc2)c2ccc(Cl)cc2C)=N/O)ccn1. The molecule has 0 amide bonds. The number of hydrogen-bond donors (Lipinski definition) is 2. The summed E-state index contributed by atoms with van der Waals surface area (Å²) in [6.07, 6.45) is 2.10. The van der Waals surface area contributed by atoms with Crippen LogP contribution in [0.25, 0.3) is 0 Å². The molecule has 0 bridgehead atoms. The number of nitrogens with zero attached hydrogens (tertiary/aromatic N) is 3. The number of carboxylic acid groups (broad SMARTS) is 1. The number of aromatic nitrogens is 1. The van der Waals surface area contributed by atoms with Crippen LogP contribution in [0.3, 0.4) is 0 Å². The van der Waals surface area contributed by atoms with Crippen molar-refractivity contribution < 1.29 is 19.8 Å². The van der Waals surface area contributed by atoms with E-state index < -0.39 is 6.16 Å². The number of oxime groups is 1. The van der Waals surface area contributed by atoms with E-state index in [0.29, 0.717) is 30.0 Å². The number of anilines is 1. The Kier molecular flexibility index (Phi) is 8.10. The van der Waals surface area contributed by atoms with Gasteiger partial charge < -0.3 is 20.0 Å². The summed E-state index contributed by atoms with van der Waals surface area (Å²) in [5.74, 6) is -0.0506. The first-order valence-corrected chi connectivity index (χ1v) is 12.4. The summed E-state index contributed by atoms with van der Waals surface area (Å²) in [6, 6.07) is 18.1. The molecular formula is C28H30ClN3O4. The van der Waals surface area contributed by atoms with E-state index >= 15 is 0 Å². The van der Waals surface area contributed by atoms with Crippen LogP contribution in [0.1, 0.15) is 53.1 Å². The van der Waals surface area contributed by atoms with E-state index in [1.165, 1.54) is 0 Å². The third-order valence-electron chi connectivity index (χ3n) is 6.73. The van der Waals surface area contributed by atoms with Gasteiger partial charge in [0.05, 0.1) is 5.71 Å². The summed E-state index contributed by atoms with van der Waals surface area (Å²) in [5, 5.41) is 23.1. The highest BCUT2D eigenvalue weighted by atomic mass is 35.5. The standard InChI is InChI=1S/C28H30ClN3O4/c1-18-15-22(29)5-8-25(18)26(17-27(31-35)21-9-12-30-19(2)16-21)20-3-6-23(7-4-20)32-13-10-24(11-14-32)36-28(33)34/h3-9,12,15-16,24,26,35H,10-11,13-14,17H2,1-2H3,(H,33,34)/b31-27+/t26-/m0/s1. The van der Waals surface area contributed by atoms with Gasteiger partial charge in [0.15, 0.2) is 0 Å². The molecule has 1 aliphatic heterocycles. The van der Waals surface area contributed by atoms with Crippen molar-refractivity contribution in [3.8, 4) is 0 Å². The average molecular weight is 508 g/mol. The summed E-state index contributed by atoms with van der Waals surface area (Å²) in [4.78, 5) is 17.3. The maximum Gasteiger partial charge on any atom is 0.506 e. The summed E-state index contributed by atoms with van der Waals surface area (Å²) in [7, 11) is 0. The lowest BCUT2D eigenvalue weighted by Gasteiger charge is -2.33. The van der Waals surface area contributed by atoms with Crippen molar-refractivity contribution in [2.45, 2.75) is 45.1 Å². The fourth-order valence-electron chi connectivity index (χ4n) is 4.86. The maximum absolute atomic E-state index is 10.8. The number of rotatable bonds is 7. The van der Waals surface area contributed by atoms with Crippen molar-refractivity contribution in [3.63, 3.8) is 0 Å². The molecule has 1 saturated heterocycles. The first kappa shape index (κ1) is 25.5. The molecule has 2 heterocycles. The highest BCUT2D eigenvalue weighted by Crippen LogP contribution is 2.34. The molecule has 2 aromatic carbocycles. The second kappa shape index (κ2) is 11.4. The van der Waals surface area contributed by atoms with E-state index in [9.17, 15) is 10.0 Å². The first-order valence-electron chi connectivity index (χ1n) is 12.0. The molecule has 0 spiro atoms. The van der Waals surface area contributed by atoms with Gasteiger partial charge in [-0.3, -0.25) is 4.98 Å². The Morgan fingerprint density at radius 3 is 2.47 bits per heavy atom. The van der Waals surface area contributed by atoms with Crippen LogP contribution in [0.5, 0.6) is 0 Å². The molecule has 36 heavy (non-hydrogen) atoms. The zero-order valence-corrected chi connectivity index (χ0v) is 21.2. The molecule has 188 valence electrons. The second-order valence-electron chi connectivity index (χ2n) is 9.15.